The second-order valence-electron chi connectivity index (χ2n) is 3.89. The molecule has 0 aliphatic carbocycles. The van der Waals surface area contributed by atoms with Gasteiger partial charge in [-0.05, 0) is 26.3 Å². The SMILES string of the molecule is CC(O)(CNCCCCCCO)C(=O)O. The molecule has 5 heteroatoms. The summed E-state index contributed by atoms with van der Waals surface area (Å²) in [6.45, 7) is 2.24. The summed E-state index contributed by atoms with van der Waals surface area (Å²) in [6.07, 6.45) is 3.72. The van der Waals surface area contributed by atoms with Crippen LogP contribution in [-0.2, 0) is 4.79 Å². The third-order valence-electron chi connectivity index (χ3n) is 2.19. The number of hydrogen-bond acceptors (Lipinski definition) is 4. The van der Waals surface area contributed by atoms with Gasteiger partial charge in [0.15, 0.2) is 5.60 Å². The maximum absolute atomic E-state index is 10.5. The van der Waals surface area contributed by atoms with Crippen LogP contribution >= 0.6 is 0 Å². The predicted octanol–water partition coefficient (Wildman–Crippen LogP) is -0.0357. The predicted molar refractivity (Wildman–Crippen MR) is 56.7 cm³/mol. The van der Waals surface area contributed by atoms with E-state index < -0.39 is 11.6 Å². The number of unbranched alkanes of at least 4 members (excludes halogenated alkanes) is 3. The van der Waals surface area contributed by atoms with E-state index in [1.54, 1.807) is 0 Å². The number of carbonyl (C=O) groups is 1. The van der Waals surface area contributed by atoms with Crippen LogP contribution in [-0.4, -0.2) is 46.6 Å². The van der Waals surface area contributed by atoms with Crippen LogP contribution in [0.3, 0.4) is 0 Å². The highest BCUT2D eigenvalue weighted by Gasteiger charge is 2.28. The first-order valence-electron chi connectivity index (χ1n) is 5.28. The lowest BCUT2D eigenvalue weighted by Gasteiger charge is -2.18. The fourth-order valence-corrected chi connectivity index (χ4v) is 1.12. The van der Waals surface area contributed by atoms with Gasteiger partial charge in [-0.1, -0.05) is 12.8 Å². The second kappa shape index (κ2) is 7.62. The van der Waals surface area contributed by atoms with E-state index in [1.807, 2.05) is 0 Å². The first kappa shape index (κ1) is 14.3. The highest BCUT2D eigenvalue weighted by atomic mass is 16.4. The minimum atomic E-state index is -1.69. The Kier molecular flexibility index (Phi) is 7.29. The van der Waals surface area contributed by atoms with Crippen LogP contribution in [0.2, 0.25) is 0 Å². The van der Waals surface area contributed by atoms with Gasteiger partial charge >= 0.3 is 5.97 Å². The summed E-state index contributed by atoms with van der Waals surface area (Å²) >= 11 is 0. The van der Waals surface area contributed by atoms with E-state index in [0.29, 0.717) is 6.54 Å². The lowest BCUT2D eigenvalue weighted by atomic mass is 10.1. The van der Waals surface area contributed by atoms with Crippen LogP contribution in [0.25, 0.3) is 0 Å². The number of carboxylic acid groups (broad SMARTS) is 1. The van der Waals surface area contributed by atoms with Gasteiger partial charge in [-0.25, -0.2) is 4.79 Å². The van der Waals surface area contributed by atoms with E-state index in [9.17, 15) is 9.90 Å². The first-order chi connectivity index (χ1) is 7.00. The monoisotopic (exact) mass is 219 g/mol. The third kappa shape index (κ3) is 7.30. The average molecular weight is 219 g/mol. The summed E-state index contributed by atoms with van der Waals surface area (Å²) in [7, 11) is 0. The summed E-state index contributed by atoms with van der Waals surface area (Å²) in [6, 6.07) is 0. The van der Waals surface area contributed by atoms with Crippen LogP contribution in [0.15, 0.2) is 0 Å². The highest BCUT2D eigenvalue weighted by molar-refractivity contribution is 5.76. The van der Waals surface area contributed by atoms with Crippen molar-refractivity contribution in [2.75, 3.05) is 19.7 Å². The molecule has 5 nitrogen and oxygen atoms in total. The second-order valence-corrected chi connectivity index (χ2v) is 3.89. The van der Waals surface area contributed by atoms with Crippen molar-refractivity contribution in [3.8, 4) is 0 Å². The molecule has 0 rings (SSSR count). The Hall–Kier alpha value is -0.650. The molecule has 0 bridgehead atoms. The quantitative estimate of drug-likeness (QED) is 0.409. The maximum Gasteiger partial charge on any atom is 0.336 e. The minimum Gasteiger partial charge on any atom is -0.479 e. The molecule has 0 aromatic carbocycles. The summed E-state index contributed by atoms with van der Waals surface area (Å²) in [5.74, 6) is -1.21. The Labute approximate surface area is 90.1 Å². The van der Waals surface area contributed by atoms with E-state index in [1.165, 1.54) is 6.92 Å². The lowest BCUT2D eigenvalue weighted by Crippen LogP contribution is -2.45. The van der Waals surface area contributed by atoms with Crippen LogP contribution in [0.5, 0.6) is 0 Å². The Morgan fingerprint density at radius 1 is 1.27 bits per heavy atom. The minimum absolute atomic E-state index is 0.0579. The van der Waals surface area contributed by atoms with Gasteiger partial charge in [0.05, 0.1) is 0 Å². The molecule has 0 aromatic heterocycles. The van der Waals surface area contributed by atoms with Gasteiger partial charge in [0.2, 0.25) is 0 Å². The molecule has 0 fully saturated rings. The molecule has 0 aromatic rings. The van der Waals surface area contributed by atoms with E-state index in [2.05, 4.69) is 5.32 Å². The number of aliphatic hydroxyl groups is 2. The standard InChI is InChI=1S/C10H21NO4/c1-10(15,9(13)14)8-11-6-4-2-3-5-7-12/h11-12,15H,2-8H2,1H3,(H,13,14). The zero-order valence-corrected chi connectivity index (χ0v) is 9.20. The molecular weight excluding hydrogens is 198 g/mol. The molecule has 0 spiro atoms. The molecule has 0 heterocycles. The van der Waals surface area contributed by atoms with Gasteiger partial charge in [0.25, 0.3) is 0 Å². The molecule has 15 heavy (non-hydrogen) atoms. The highest BCUT2D eigenvalue weighted by Crippen LogP contribution is 2.01. The molecule has 1 atom stereocenters. The zero-order valence-electron chi connectivity index (χ0n) is 9.20. The van der Waals surface area contributed by atoms with Crippen molar-refractivity contribution in [1.29, 1.82) is 0 Å². The van der Waals surface area contributed by atoms with E-state index in [-0.39, 0.29) is 13.2 Å². The smallest absolute Gasteiger partial charge is 0.336 e. The van der Waals surface area contributed by atoms with Gasteiger partial charge in [0.1, 0.15) is 0 Å². The summed E-state index contributed by atoms with van der Waals surface area (Å²) in [5.41, 5.74) is -1.69. The van der Waals surface area contributed by atoms with Gasteiger partial charge < -0.3 is 20.6 Å². The van der Waals surface area contributed by atoms with Crippen molar-refractivity contribution in [3.63, 3.8) is 0 Å². The number of aliphatic hydroxyl groups excluding tert-OH is 1. The molecule has 0 aliphatic heterocycles. The van der Waals surface area contributed by atoms with Crippen LogP contribution < -0.4 is 5.32 Å². The Balaban J connectivity index is 3.35. The van der Waals surface area contributed by atoms with Crippen molar-refractivity contribution in [3.05, 3.63) is 0 Å². The number of rotatable bonds is 9. The number of hydrogen-bond donors (Lipinski definition) is 4. The lowest BCUT2D eigenvalue weighted by molar-refractivity contribution is -0.156. The van der Waals surface area contributed by atoms with Crippen molar-refractivity contribution < 1.29 is 20.1 Å². The molecule has 0 saturated carbocycles. The zero-order chi connectivity index (χ0) is 11.7. The molecule has 0 amide bonds. The molecule has 90 valence electrons. The number of carboxylic acids is 1. The fraction of sp³-hybridized carbons (Fsp3) is 0.900. The number of aliphatic carboxylic acids is 1. The Bertz CT molecular complexity index is 182. The fourth-order valence-electron chi connectivity index (χ4n) is 1.12. The van der Waals surface area contributed by atoms with Gasteiger partial charge in [-0.15, -0.1) is 0 Å². The van der Waals surface area contributed by atoms with Crippen LogP contribution in [0.1, 0.15) is 32.6 Å². The molecule has 0 aliphatic rings. The Morgan fingerprint density at radius 3 is 2.40 bits per heavy atom. The van der Waals surface area contributed by atoms with E-state index in [0.717, 1.165) is 25.7 Å². The average Bonchev–Trinajstić information content (AvgIpc) is 2.16. The van der Waals surface area contributed by atoms with Crippen LogP contribution in [0, 0.1) is 0 Å². The van der Waals surface area contributed by atoms with Crippen molar-refractivity contribution in [2.24, 2.45) is 0 Å². The van der Waals surface area contributed by atoms with Gasteiger partial charge in [-0.2, -0.15) is 0 Å². The van der Waals surface area contributed by atoms with Gasteiger partial charge in [-0.3, -0.25) is 0 Å². The van der Waals surface area contributed by atoms with Crippen molar-refractivity contribution >= 4 is 5.97 Å². The van der Waals surface area contributed by atoms with Crippen molar-refractivity contribution in [1.82, 2.24) is 5.32 Å². The molecule has 1 unspecified atom stereocenters. The number of nitrogens with one attached hydrogen (secondary N) is 1. The summed E-state index contributed by atoms with van der Waals surface area (Å²) in [5, 5.41) is 29.3. The summed E-state index contributed by atoms with van der Waals surface area (Å²) < 4.78 is 0. The third-order valence-corrected chi connectivity index (χ3v) is 2.19. The largest absolute Gasteiger partial charge is 0.479 e. The maximum atomic E-state index is 10.5. The van der Waals surface area contributed by atoms with Crippen molar-refractivity contribution in [2.45, 2.75) is 38.2 Å². The summed E-state index contributed by atoms with van der Waals surface area (Å²) in [4.78, 5) is 10.5. The molecular formula is C10H21NO4. The van der Waals surface area contributed by atoms with Crippen LogP contribution in [0.4, 0.5) is 0 Å². The van der Waals surface area contributed by atoms with Gasteiger partial charge in [0, 0.05) is 13.2 Å². The molecule has 0 radical (unpaired) electrons. The first-order valence-corrected chi connectivity index (χ1v) is 5.28. The van der Waals surface area contributed by atoms with E-state index >= 15 is 0 Å². The normalized spacial score (nSPS) is 14.9. The molecule has 4 N–H and O–H groups in total. The Morgan fingerprint density at radius 2 is 1.87 bits per heavy atom. The van der Waals surface area contributed by atoms with E-state index in [4.69, 9.17) is 10.2 Å². The molecule has 0 saturated heterocycles. The topological polar surface area (TPSA) is 89.8 Å².